The molecule has 1 aromatic heterocycles. The lowest BCUT2D eigenvalue weighted by atomic mass is 10.1. The van der Waals surface area contributed by atoms with Crippen molar-refractivity contribution in [3.8, 4) is 17.1 Å². The minimum atomic E-state index is -0.282. The summed E-state index contributed by atoms with van der Waals surface area (Å²) in [5, 5.41) is 6.58. The zero-order chi connectivity index (χ0) is 16.2. The van der Waals surface area contributed by atoms with E-state index in [1.165, 1.54) is 6.20 Å². The normalized spacial score (nSPS) is 10.3. The highest BCUT2D eigenvalue weighted by Crippen LogP contribution is 2.25. The van der Waals surface area contributed by atoms with E-state index in [1.807, 2.05) is 43.3 Å². The van der Waals surface area contributed by atoms with Gasteiger partial charge in [-0.2, -0.15) is 0 Å². The molecule has 5 heteroatoms. The van der Waals surface area contributed by atoms with Gasteiger partial charge in [0.25, 0.3) is 5.91 Å². The Morgan fingerprint density at radius 1 is 1.17 bits per heavy atom. The number of nitrogens with one attached hydrogen (secondary N) is 1. The molecule has 1 heterocycles. The van der Waals surface area contributed by atoms with Gasteiger partial charge in [0.05, 0.1) is 13.3 Å². The maximum absolute atomic E-state index is 12.5. The van der Waals surface area contributed by atoms with Gasteiger partial charge in [-0.05, 0) is 19.1 Å². The lowest BCUT2D eigenvalue weighted by Gasteiger charge is -2.07. The van der Waals surface area contributed by atoms with E-state index in [0.717, 1.165) is 11.1 Å². The fraction of sp³-hybridized carbons (Fsp3) is 0.111. The largest absolute Gasteiger partial charge is 0.497 e. The number of anilines is 1. The Morgan fingerprint density at radius 2 is 1.96 bits per heavy atom. The summed E-state index contributed by atoms with van der Waals surface area (Å²) in [6.45, 7) is 2.00. The number of hydrogen-bond donors (Lipinski definition) is 1. The summed E-state index contributed by atoms with van der Waals surface area (Å²) in [5.74, 6) is 0.840. The van der Waals surface area contributed by atoms with Crippen LogP contribution in [0.25, 0.3) is 11.3 Å². The van der Waals surface area contributed by atoms with Gasteiger partial charge in [-0.3, -0.25) is 4.79 Å². The first-order chi connectivity index (χ1) is 11.2. The molecule has 2 aromatic carbocycles. The van der Waals surface area contributed by atoms with E-state index < -0.39 is 0 Å². The molecule has 0 aliphatic rings. The maximum atomic E-state index is 12.5. The third kappa shape index (κ3) is 3.23. The third-order valence-electron chi connectivity index (χ3n) is 3.46. The molecule has 116 valence electrons. The van der Waals surface area contributed by atoms with Gasteiger partial charge in [0.15, 0.2) is 5.76 Å². The molecule has 0 spiro atoms. The van der Waals surface area contributed by atoms with Crippen LogP contribution in [0, 0.1) is 6.92 Å². The molecule has 1 amide bonds. The topological polar surface area (TPSA) is 64.4 Å². The molecule has 0 aliphatic carbocycles. The Hall–Kier alpha value is -3.08. The average Bonchev–Trinajstić information content (AvgIpc) is 3.05. The van der Waals surface area contributed by atoms with Crippen molar-refractivity contribution in [2.45, 2.75) is 6.92 Å². The summed E-state index contributed by atoms with van der Waals surface area (Å²) in [5.41, 5.74) is 2.97. The van der Waals surface area contributed by atoms with Gasteiger partial charge in [0, 0.05) is 17.3 Å². The van der Waals surface area contributed by atoms with E-state index in [0.29, 0.717) is 22.8 Å². The molecular weight excluding hydrogens is 292 g/mol. The van der Waals surface area contributed by atoms with E-state index in [2.05, 4.69) is 10.5 Å². The van der Waals surface area contributed by atoms with Gasteiger partial charge in [-0.1, -0.05) is 41.1 Å². The van der Waals surface area contributed by atoms with Crippen molar-refractivity contribution in [2.75, 3.05) is 12.4 Å². The van der Waals surface area contributed by atoms with Crippen LogP contribution in [-0.2, 0) is 0 Å². The number of nitrogens with zero attached hydrogens (tertiary/aromatic N) is 1. The second-order valence-electron chi connectivity index (χ2n) is 5.12. The molecule has 3 rings (SSSR count). The fourth-order valence-electron chi connectivity index (χ4n) is 2.21. The molecule has 0 radical (unpaired) electrons. The summed E-state index contributed by atoms with van der Waals surface area (Å²) in [7, 11) is 1.58. The number of rotatable bonds is 4. The number of hydrogen-bond acceptors (Lipinski definition) is 4. The predicted molar refractivity (Wildman–Crippen MR) is 87.6 cm³/mol. The summed E-state index contributed by atoms with van der Waals surface area (Å²) < 4.78 is 10.4. The molecular formula is C18H16N2O3. The summed E-state index contributed by atoms with van der Waals surface area (Å²) in [6.07, 6.45) is 1.42. The first-order valence-corrected chi connectivity index (χ1v) is 7.14. The number of methoxy groups -OCH3 is 1. The van der Waals surface area contributed by atoms with Gasteiger partial charge in [-0.25, -0.2) is 0 Å². The van der Waals surface area contributed by atoms with Crippen molar-refractivity contribution >= 4 is 11.6 Å². The molecule has 0 fully saturated rings. The standard InChI is InChI=1S/C18H16N2O3/c1-12-6-8-13(9-7-12)17-16(11-19-23-17)18(21)20-14-4-3-5-15(10-14)22-2/h3-11H,1-2H3,(H,20,21). The van der Waals surface area contributed by atoms with E-state index in [9.17, 15) is 4.79 Å². The van der Waals surface area contributed by atoms with E-state index >= 15 is 0 Å². The fourth-order valence-corrected chi connectivity index (χ4v) is 2.21. The van der Waals surface area contributed by atoms with Crippen molar-refractivity contribution in [1.82, 2.24) is 5.16 Å². The van der Waals surface area contributed by atoms with Crippen LogP contribution in [0.15, 0.2) is 59.3 Å². The molecule has 1 N–H and O–H groups in total. The summed E-state index contributed by atoms with van der Waals surface area (Å²) >= 11 is 0. The van der Waals surface area contributed by atoms with Crippen molar-refractivity contribution in [3.63, 3.8) is 0 Å². The second-order valence-corrected chi connectivity index (χ2v) is 5.12. The molecule has 0 atom stereocenters. The zero-order valence-corrected chi connectivity index (χ0v) is 12.9. The number of carbonyl (C=O) groups is 1. The van der Waals surface area contributed by atoms with E-state index in [1.54, 1.807) is 19.2 Å². The summed E-state index contributed by atoms with van der Waals surface area (Å²) in [6, 6.07) is 14.9. The van der Waals surface area contributed by atoms with Gasteiger partial charge >= 0.3 is 0 Å². The number of aromatic nitrogens is 1. The lowest BCUT2D eigenvalue weighted by Crippen LogP contribution is -2.12. The van der Waals surface area contributed by atoms with Crippen molar-refractivity contribution < 1.29 is 14.1 Å². The van der Waals surface area contributed by atoms with Crippen LogP contribution in [0.3, 0.4) is 0 Å². The van der Waals surface area contributed by atoms with Crippen LogP contribution >= 0.6 is 0 Å². The highest BCUT2D eigenvalue weighted by molar-refractivity contribution is 6.07. The lowest BCUT2D eigenvalue weighted by molar-refractivity contribution is 0.102. The Kier molecular flexibility index (Phi) is 4.10. The Labute approximate surface area is 133 Å². The van der Waals surface area contributed by atoms with Gasteiger partial charge in [0.2, 0.25) is 0 Å². The van der Waals surface area contributed by atoms with Crippen LogP contribution in [-0.4, -0.2) is 18.2 Å². The van der Waals surface area contributed by atoms with Gasteiger partial charge < -0.3 is 14.6 Å². The number of benzene rings is 2. The van der Waals surface area contributed by atoms with Crippen molar-refractivity contribution in [3.05, 3.63) is 65.9 Å². The van der Waals surface area contributed by atoms with Crippen LogP contribution in [0.4, 0.5) is 5.69 Å². The van der Waals surface area contributed by atoms with Crippen molar-refractivity contribution in [2.24, 2.45) is 0 Å². The Morgan fingerprint density at radius 3 is 2.70 bits per heavy atom. The summed E-state index contributed by atoms with van der Waals surface area (Å²) in [4.78, 5) is 12.5. The van der Waals surface area contributed by atoms with Crippen LogP contribution in [0.5, 0.6) is 5.75 Å². The Bertz CT molecular complexity index is 822. The minimum absolute atomic E-state index is 0.282. The molecule has 0 unspecified atom stereocenters. The Balaban J connectivity index is 1.86. The predicted octanol–water partition coefficient (Wildman–Crippen LogP) is 3.91. The molecule has 0 bridgehead atoms. The average molecular weight is 308 g/mol. The second kappa shape index (κ2) is 6.36. The minimum Gasteiger partial charge on any atom is -0.497 e. The number of carbonyl (C=O) groups excluding carboxylic acids is 1. The molecule has 0 aliphatic heterocycles. The van der Waals surface area contributed by atoms with Gasteiger partial charge in [-0.15, -0.1) is 0 Å². The maximum Gasteiger partial charge on any atom is 0.261 e. The van der Waals surface area contributed by atoms with E-state index in [-0.39, 0.29) is 5.91 Å². The SMILES string of the molecule is COc1cccc(NC(=O)c2cnoc2-c2ccc(C)cc2)c1. The molecule has 3 aromatic rings. The number of amides is 1. The van der Waals surface area contributed by atoms with Crippen molar-refractivity contribution in [1.29, 1.82) is 0 Å². The highest BCUT2D eigenvalue weighted by atomic mass is 16.5. The van der Waals surface area contributed by atoms with E-state index in [4.69, 9.17) is 9.26 Å². The number of ether oxygens (including phenoxy) is 1. The van der Waals surface area contributed by atoms with Crippen LogP contribution in [0.1, 0.15) is 15.9 Å². The van der Waals surface area contributed by atoms with Crippen LogP contribution in [0.2, 0.25) is 0 Å². The van der Waals surface area contributed by atoms with Crippen LogP contribution < -0.4 is 10.1 Å². The number of aryl methyl sites for hydroxylation is 1. The highest BCUT2D eigenvalue weighted by Gasteiger charge is 2.18. The first kappa shape index (κ1) is 14.8. The molecule has 0 saturated heterocycles. The molecule has 23 heavy (non-hydrogen) atoms. The monoisotopic (exact) mass is 308 g/mol. The third-order valence-corrected chi connectivity index (χ3v) is 3.46. The molecule has 5 nitrogen and oxygen atoms in total. The zero-order valence-electron chi connectivity index (χ0n) is 12.9. The first-order valence-electron chi connectivity index (χ1n) is 7.14. The molecule has 0 saturated carbocycles. The smallest absolute Gasteiger partial charge is 0.261 e. The van der Waals surface area contributed by atoms with Gasteiger partial charge in [0.1, 0.15) is 11.3 Å². The quantitative estimate of drug-likeness (QED) is 0.793.